The Morgan fingerprint density at radius 3 is 2.62 bits per heavy atom. The predicted octanol–water partition coefficient (Wildman–Crippen LogP) is 1.96. The zero-order chi connectivity index (χ0) is 15.8. The van der Waals surface area contributed by atoms with E-state index in [-0.39, 0.29) is 30.7 Å². The molecule has 1 aliphatic rings. The topological polar surface area (TPSA) is 88.6 Å². The maximum Gasteiger partial charge on any atom is 0.287 e. The molecule has 1 aliphatic heterocycles. The molecule has 0 spiro atoms. The number of amides is 1. The summed E-state index contributed by atoms with van der Waals surface area (Å²) in [5, 5.41) is 21.0. The molecule has 0 aliphatic carbocycles. The molecule has 0 atom stereocenters. The number of rotatable bonds is 5. The van der Waals surface area contributed by atoms with E-state index < -0.39 is 10.5 Å². The lowest BCUT2D eigenvalue weighted by Gasteiger charge is -2.46. The first-order valence-corrected chi connectivity index (χ1v) is 7.15. The number of hydrogen-bond donors (Lipinski definition) is 1. The smallest absolute Gasteiger partial charge is 0.287 e. The largest absolute Gasteiger partial charge is 0.386 e. The molecule has 1 saturated heterocycles. The molecule has 21 heavy (non-hydrogen) atoms. The third kappa shape index (κ3) is 2.92. The van der Waals surface area contributed by atoms with Crippen molar-refractivity contribution in [3.8, 4) is 0 Å². The summed E-state index contributed by atoms with van der Waals surface area (Å²) in [4.78, 5) is 24.4. The summed E-state index contributed by atoms with van der Waals surface area (Å²) < 4.78 is 1.61. The van der Waals surface area contributed by atoms with Gasteiger partial charge in [0.1, 0.15) is 5.69 Å². The summed E-state index contributed by atoms with van der Waals surface area (Å²) in [6.07, 6.45) is 2.89. The van der Waals surface area contributed by atoms with Crippen LogP contribution in [-0.2, 0) is 0 Å². The number of carbonyl (C=O) groups is 1. The van der Waals surface area contributed by atoms with Gasteiger partial charge in [0.2, 0.25) is 0 Å². The minimum atomic E-state index is -0.800. The van der Waals surface area contributed by atoms with Crippen LogP contribution in [-0.4, -0.2) is 44.1 Å². The van der Waals surface area contributed by atoms with Gasteiger partial charge in [0, 0.05) is 12.1 Å². The van der Waals surface area contributed by atoms with E-state index in [0.717, 1.165) is 6.42 Å². The highest BCUT2D eigenvalue weighted by Gasteiger charge is 2.43. The molecule has 7 heteroatoms. The number of β-amino-alcohol motifs (C(OH)–C–C–N with tert-alkyl or cyclic N) is 1. The van der Waals surface area contributed by atoms with Gasteiger partial charge in [-0.15, -0.1) is 0 Å². The molecular formula is C14H21N3O4. The minimum Gasteiger partial charge on any atom is -0.386 e. The van der Waals surface area contributed by atoms with Gasteiger partial charge < -0.3 is 14.6 Å². The second-order valence-electron chi connectivity index (χ2n) is 5.98. The Labute approximate surface area is 123 Å². The molecule has 1 aromatic rings. The number of nitrogens with zero attached hydrogens (tertiary/aromatic N) is 3. The Bertz CT molecular complexity index is 559. The fourth-order valence-electron chi connectivity index (χ4n) is 2.76. The first kappa shape index (κ1) is 15.5. The fourth-order valence-corrected chi connectivity index (χ4v) is 2.76. The molecular weight excluding hydrogens is 274 g/mol. The first-order valence-electron chi connectivity index (χ1n) is 7.15. The van der Waals surface area contributed by atoms with Crippen molar-refractivity contribution in [1.29, 1.82) is 0 Å². The standard InChI is InChI=1S/C14H21N3O4/c1-4-5-14(19)8-15(9-14)13(18)12-6-11(17(20)21)7-16(12)10(2)3/h6-7,10,19H,4-5,8-9H2,1-3H3. The van der Waals surface area contributed by atoms with Crippen LogP contribution in [0.15, 0.2) is 12.3 Å². The van der Waals surface area contributed by atoms with E-state index in [9.17, 15) is 20.0 Å². The van der Waals surface area contributed by atoms with Gasteiger partial charge in [0.15, 0.2) is 0 Å². The monoisotopic (exact) mass is 295 g/mol. The van der Waals surface area contributed by atoms with Crippen LogP contribution in [0.4, 0.5) is 5.69 Å². The summed E-state index contributed by atoms with van der Waals surface area (Å²) in [7, 11) is 0. The molecule has 0 aromatic carbocycles. The van der Waals surface area contributed by atoms with Crippen molar-refractivity contribution in [1.82, 2.24) is 9.47 Å². The van der Waals surface area contributed by atoms with Gasteiger partial charge >= 0.3 is 0 Å². The molecule has 1 fully saturated rings. The van der Waals surface area contributed by atoms with Crippen LogP contribution >= 0.6 is 0 Å². The lowest BCUT2D eigenvalue weighted by molar-refractivity contribution is -0.384. The molecule has 0 bridgehead atoms. The predicted molar refractivity (Wildman–Crippen MR) is 77.2 cm³/mol. The van der Waals surface area contributed by atoms with E-state index in [1.807, 2.05) is 20.8 Å². The molecule has 116 valence electrons. The second-order valence-corrected chi connectivity index (χ2v) is 5.98. The van der Waals surface area contributed by atoms with Crippen molar-refractivity contribution in [2.45, 2.75) is 45.3 Å². The van der Waals surface area contributed by atoms with Crippen LogP contribution in [0.1, 0.15) is 50.1 Å². The summed E-state index contributed by atoms with van der Waals surface area (Å²) in [6.45, 7) is 6.29. The number of aliphatic hydroxyl groups is 1. The second kappa shape index (κ2) is 5.48. The number of hydrogen-bond acceptors (Lipinski definition) is 4. The Kier molecular flexibility index (Phi) is 4.04. The zero-order valence-corrected chi connectivity index (χ0v) is 12.6. The van der Waals surface area contributed by atoms with Gasteiger partial charge in [-0.1, -0.05) is 13.3 Å². The van der Waals surface area contributed by atoms with Gasteiger partial charge in [0.05, 0.1) is 29.8 Å². The number of nitro groups is 1. The highest BCUT2D eigenvalue weighted by Crippen LogP contribution is 2.29. The van der Waals surface area contributed by atoms with Crippen molar-refractivity contribution in [2.75, 3.05) is 13.1 Å². The Morgan fingerprint density at radius 1 is 1.52 bits per heavy atom. The van der Waals surface area contributed by atoms with Crippen molar-refractivity contribution in [2.24, 2.45) is 0 Å². The molecule has 2 heterocycles. The average Bonchev–Trinajstić information content (AvgIpc) is 2.80. The molecule has 1 amide bonds. The number of likely N-dealkylation sites (tertiary alicyclic amines) is 1. The minimum absolute atomic E-state index is 0.0477. The van der Waals surface area contributed by atoms with Gasteiger partial charge in [0.25, 0.3) is 11.6 Å². The Balaban J connectivity index is 2.19. The van der Waals surface area contributed by atoms with E-state index in [4.69, 9.17) is 0 Å². The lowest BCUT2D eigenvalue weighted by atomic mass is 9.89. The normalized spacial score (nSPS) is 16.9. The quantitative estimate of drug-likeness (QED) is 0.664. The van der Waals surface area contributed by atoms with Crippen LogP contribution in [0.5, 0.6) is 0 Å². The molecule has 0 unspecified atom stereocenters. The maximum atomic E-state index is 12.5. The first-order chi connectivity index (χ1) is 9.77. The average molecular weight is 295 g/mol. The van der Waals surface area contributed by atoms with Crippen LogP contribution in [0.25, 0.3) is 0 Å². The van der Waals surface area contributed by atoms with E-state index in [1.54, 1.807) is 4.57 Å². The molecule has 0 radical (unpaired) electrons. The van der Waals surface area contributed by atoms with E-state index in [2.05, 4.69) is 0 Å². The molecule has 2 rings (SSSR count). The van der Waals surface area contributed by atoms with Crippen LogP contribution < -0.4 is 0 Å². The SMILES string of the molecule is CCCC1(O)CN(C(=O)c2cc([N+](=O)[O-])cn2C(C)C)C1. The molecule has 1 aromatic heterocycles. The maximum absolute atomic E-state index is 12.5. The van der Waals surface area contributed by atoms with E-state index in [1.165, 1.54) is 17.2 Å². The number of aromatic nitrogens is 1. The van der Waals surface area contributed by atoms with Crippen molar-refractivity contribution in [3.05, 3.63) is 28.1 Å². The van der Waals surface area contributed by atoms with Crippen molar-refractivity contribution < 1.29 is 14.8 Å². The summed E-state index contributed by atoms with van der Waals surface area (Å²) >= 11 is 0. The highest BCUT2D eigenvalue weighted by molar-refractivity contribution is 5.94. The van der Waals surface area contributed by atoms with Gasteiger partial charge in [-0.3, -0.25) is 14.9 Å². The zero-order valence-electron chi connectivity index (χ0n) is 12.6. The van der Waals surface area contributed by atoms with Crippen LogP contribution in [0.2, 0.25) is 0 Å². The third-order valence-corrected chi connectivity index (χ3v) is 3.79. The Hall–Kier alpha value is -1.89. The lowest BCUT2D eigenvalue weighted by Crippen LogP contribution is -2.63. The fraction of sp³-hybridized carbons (Fsp3) is 0.643. The third-order valence-electron chi connectivity index (χ3n) is 3.79. The van der Waals surface area contributed by atoms with Crippen LogP contribution in [0.3, 0.4) is 0 Å². The van der Waals surface area contributed by atoms with E-state index >= 15 is 0 Å². The summed E-state index contributed by atoms with van der Waals surface area (Å²) in [5.74, 6) is -0.266. The van der Waals surface area contributed by atoms with Crippen molar-refractivity contribution in [3.63, 3.8) is 0 Å². The highest BCUT2D eigenvalue weighted by atomic mass is 16.6. The van der Waals surface area contributed by atoms with Gasteiger partial charge in [-0.2, -0.15) is 0 Å². The summed E-state index contributed by atoms with van der Waals surface area (Å²) in [6, 6.07) is 1.26. The molecule has 1 N–H and O–H groups in total. The molecule has 7 nitrogen and oxygen atoms in total. The van der Waals surface area contributed by atoms with Crippen molar-refractivity contribution >= 4 is 11.6 Å². The Morgan fingerprint density at radius 2 is 2.14 bits per heavy atom. The van der Waals surface area contributed by atoms with Gasteiger partial charge in [-0.05, 0) is 20.3 Å². The number of carbonyl (C=O) groups excluding carboxylic acids is 1. The van der Waals surface area contributed by atoms with Gasteiger partial charge in [-0.25, -0.2) is 0 Å². The summed E-state index contributed by atoms with van der Waals surface area (Å²) in [5.41, 5.74) is -0.586. The van der Waals surface area contributed by atoms with E-state index in [0.29, 0.717) is 12.1 Å². The van der Waals surface area contributed by atoms with Crippen LogP contribution in [0, 0.1) is 10.1 Å². The molecule has 0 saturated carbocycles.